The molecule has 2 heterocycles. The zero-order chi connectivity index (χ0) is 15.0. The molecule has 0 saturated carbocycles. The van der Waals surface area contributed by atoms with Crippen molar-refractivity contribution in [3.8, 4) is 0 Å². The summed E-state index contributed by atoms with van der Waals surface area (Å²) in [6.45, 7) is 4.63. The first-order chi connectivity index (χ1) is 10.1. The summed E-state index contributed by atoms with van der Waals surface area (Å²) in [5.41, 5.74) is 2.23. The number of fused-ring (bicyclic) bond motifs is 1. The quantitative estimate of drug-likeness (QED) is 0.857. The molecule has 1 aromatic rings. The zero-order valence-corrected chi connectivity index (χ0v) is 13.7. The van der Waals surface area contributed by atoms with Crippen molar-refractivity contribution in [1.29, 1.82) is 0 Å². The molecule has 2 aliphatic rings. The van der Waals surface area contributed by atoms with Gasteiger partial charge in [0.25, 0.3) is 0 Å². The molecule has 1 unspecified atom stereocenters. The lowest BCUT2D eigenvalue weighted by Crippen LogP contribution is -2.46. The van der Waals surface area contributed by atoms with E-state index in [1.54, 1.807) is 6.07 Å². The number of nitrogens with one attached hydrogen (secondary N) is 1. The molecule has 1 amide bonds. The fourth-order valence-corrected chi connectivity index (χ4v) is 4.19. The molecule has 1 N–H and O–H groups in total. The lowest BCUT2D eigenvalue weighted by Gasteiger charge is -2.38. The van der Waals surface area contributed by atoms with E-state index >= 15 is 0 Å². The van der Waals surface area contributed by atoms with Gasteiger partial charge in [-0.2, -0.15) is 0 Å². The van der Waals surface area contributed by atoms with Crippen LogP contribution in [0.1, 0.15) is 36.9 Å². The predicted molar refractivity (Wildman–Crippen MR) is 85.9 cm³/mol. The molecule has 0 aliphatic carbocycles. The Bertz CT molecular complexity index is 555. The zero-order valence-electron chi connectivity index (χ0n) is 12.2. The summed E-state index contributed by atoms with van der Waals surface area (Å²) in [6.07, 6.45) is 2.88. The van der Waals surface area contributed by atoms with Gasteiger partial charge in [-0.15, -0.1) is 0 Å². The summed E-state index contributed by atoms with van der Waals surface area (Å²) in [5, 5.41) is 4.66. The Hall–Kier alpha value is -0.770. The number of hydrogen-bond acceptors (Lipinski definition) is 2. The Kier molecular flexibility index (Phi) is 4.43. The number of nitrogens with zero attached hydrogens (tertiary/aromatic N) is 1. The van der Waals surface area contributed by atoms with Gasteiger partial charge in [0.2, 0.25) is 5.91 Å². The van der Waals surface area contributed by atoms with Gasteiger partial charge in [-0.3, -0.25) is 4.79 Å². The number of piperidine rings is 1. The van der Waals surface area contributed by atoms with Crippen LogP contribution in [0.4, 0.5) is 0 Å². The molecule has 1 aromatic carbocycles. The average molecular weight is 327 g/mol. The van der Waals surface area contributed by atoms with Gasteiger partial charge in [0, 0.05) is 23.1 Å². The second kappa shape index (κ2) is 6.15. The predicted octanol–water partition coefficient (Wildman–Crippen LogP) is 3.44. The maximum absolute atomic E-state index is 12.8. The van der Waals surface area contributed by atoms with E-state index < -0.39 is 0 Å². The van der Waals surface area contributed by atoms with Gasteiger partial charge in [-0.25, -0.2) is 0 Å². The maximum Gasteiger partial charge on any atom is 0.227 e. The minimum atomic E-state index is 0.0212. The number of carbonyl (C=O) groups excluding carboxylic acids is 1. The van der Waals surface area contributed by atoms with Gasteiger partial charge >= 0.3 is 0 Å². The fourth-order valence-electron chi connectivity index (χ4n) is 3.50. The maximum atomic E-state index is 12.8. The van der Waals surface area contributed by atoms with Gasteiger partial charge in [0.15, 0.2) is 0 Å². The van der Waals surface area contributed by atoms with Crippen LogP contribution in [-0.2, 0) is 11.2 Å². The number of hydrogen-bond donors (Lipinski definition) is 1. The van der Waals surface area contributed by atoms with E-state index in [2.05, 4.69) is 12.2 Å². The summed E-state index contributed by atoms with van der Waals surface area (Å²) >= 11 is 12.4. The first-order valence-corrected chi connectivity index (χ1v) is 8.32. The average Bonchev–Trinajstić information content (AvgIpc) is 2.47. The normalized spacial score (nSPS) is 25.6. The van der Waals surface area contributed by atoms with Crippen LogP contribution in [0.15, 0.2) is 12.1 Å². The molecular weight excluding hydrogens is 307 g/mol. The smallest absolute Gasteiger partial charge is 0.227 e. The molecule has 2 aliphatic heterocycles. The Morgan fingerprint density at radius 2 is 2.19 bits per heavy atom. The fraction of sp³-hybridized carbons (Fsp3) is 0.562. The van der Waals surface area contributed by atoms with Crippen molar-refractivity contribution in [3.05, 3.63) is 33.3 Å². The SMILES string of the molecule is CC1c2c(Cl)cc(Cl)cc2CCN1C(=O)[C@@H]1CCCNC1. The van der Waals surface area contributed by atoms with Crippen LogP contribution in [0, 0.1) is 5.92 Å². The van der Waals surface area contributed by atoms with Crippen molar-refractivity contribution in [2.75, 3.05) is 19.6 Å². The molecule has 3 nitrogen and oxygen atoms in total. The molecule has 1 saturated heterocycles. The third-order valence-electron chi connectivity index (χ3n) is 4.62. The molecule has 114 valence electrons. The van der Waals surface area contributed by atoms with Crippen molar-refractivity contribution < 1.29 is 4.79 Å². The van der Waals surface area contributed by atoms with Crippen LogP contribution in [0.2, 0.25) is 10.0 Å². The molecule has 0 radical (unpaired) electrons. The van der Waals surface area contributed by atoms with Gasteiger partial charge < -0.3 is 10.2 Å². The Morgan fingerprint density at radius 1 is 1.38 bits per heavy atom. The lowest BCUT2D eigenvalue weighted by atomic mass is 9.90. The van der Waals surface area contributed by atoms with Crippen molar-refractivity contribution in [3.63, 3.8) is 0 Å². The molecule has 1 fully saturated rings. The number of rotatable bonds is 1. The minimum absolute atomic E-state index is 0.0212. The van der Waals surface area contributed by atoms with Crippen molar-refractivity contribution in [1.82, 2.24) is 10.2 Å². The van der Waals surface area contributed by atoms with Gasteiger partial charge in [-0.05, 0) is 56.0 Å². The van der Waals surface area contributed by atoms with Gasteiger partial charge in [-0.1, -0.05) is 23.2 Å². The van der Waals surface area contributed by atoms with E-state index in [9.17, 15) is 4.79 Å². The molecule has 2 atom stereocenters. The molecule has 0 aromatic heterocycles. The Morgan fingerprint density at radius 3 is 2.90 bits per heavy atom. The first-order valence-electron chi connectivity index (χ1n) is 7.57. The number of benzene rings is 1. The lowest BCUT2D eigenvalue weighted by molar-refractivity contribution is -0.138. The Balaban J connectivity index is 1.84. The number of halogens is 2. The van der Waals surface area contributed by atoms with Crippen LogP contribution < -0.4 is 5.32 Å². The van der Waals surface area contributed by atoms with E-state index in [1.807, 2.05) is 11.0 Å². The Labute approximate surface area is 135 Å². The topological polar surface area (TPSA) is 32.3 Å². The standard InChI is InChI=1S/C16H20Cl2N2O/c1-10-15-11(7-13(17)8-14(15)18)4-6-20(10)16(21)12-3-2-5-19-9-12/h7-8,10,12,19H,2-6,9H2,1H3/t10?,12-/m1/s1. The third-order valence-corrected chi connectivity index (χ3v) is 5.15. The molecule has 3 rings (SSSR count). The summed E-state index contributed by atoms with van der Waals surface area (Å²) in [7, 11) is 0. The highest BCUT2D eigenvalue weighted by Crippen LogP contribution is 2.37. The van der Waals surface area contributed by atoms with Crippen molar-refractivity contribution in [2.24, 2.45) is 5.92 Å². The highest BCUT2D eigenvalue weighted by atomic mass is 35.5. The molecular formula is C16H20Cl2N2O. The van der Waals surface area contributed by atoms with Crippen LogP contribution in [-0.4, -0.2) is 30.4 Å². The van der Waals surface area contributed by atoms with Crippen LogP contribution >= 0.6 is 23.2 Å². The second-order valence-electron chi connectivity index (χ2n) is 5.96. The first kappa shape index (κ1) is 15.1. The van der Waals surface area contributed by atoms with Crippen LogP contribution in [0.3, 0.4) is 0 Å². The summed E-state index contributed by atoms with van der Waals surface area (Å²) in [6, 6.07) is 3.77. The highest BCUT2D eigenvalue weighted by Gasteiger charge is 2.33. The van der Waals surface area contributed by atoms with Crippen LogP contribution in [0.25, 0.3) is 0 Å². The van der Waals surface area contributed by atoms with E-state index in [0.29, 0.717) is 10.0 Å². The van der Waals surface area contributed by atoms with E-state index in [0.717, 1.165) is 44.5 Å². The minimum Gasteiger partial charge on any atom is -0.335 e. The molecule has 5 heteroatoms. The van der Waals surface area contributed by atoms with E-state index in [4.69, 9.17) is 23.2 Å². The van der Waals surface area contributed by atoms with Gasteiger partial charge in [0.05, 0.1) is 12.0 Å². The second-order valence-corrected chi connectivity index (χ2v) is 6.80. The largest absolute Gasteiger partial charge is 0.335 e. The number of carbonyl (C=O) groups is 1. The van der Waals surface area contributed by atoms with Crippen molar-refractivity contribution >= 4 is 29.1 Å². The molecule has 0 spiro atoms. The third kappa shape index (κ3) is 2.92. The van der Waals surface area contributed by atoms with Crippen LogP contribution in [0.5, 0.6) is 0 Å². The molecule has 21 heavy (non-hydrogen) atoms. The van der Waals surface area contributed by atoms with Gasteiger partial charge in [0.1, 0.15) is 0 Å². The van der Waals surface area contributed by atoms with Crippen molar-refractivity contribution in [2.45, 2.75) is 32.2 Å². The molecule has 0 bridgehead atoms. The monoisotopic (exact) mass is 326 g/mol. The van der Waals surface area contributed by atoms with E-state index in [1.165, 1.54) is 5.56 Å². The highest BCUT2D eigenvalue weighted by molar-refractivity contribution is 6.35. The number of amides is 1. The summed E-state index contributed by atoms with van der Waals surface area (Å²) < 4.78 is 0. The summed E-state index contributed by atoms with van der Waals surface area (Å²) in [4.78, 5) is 14.8. The van der Waals surface area contributed by atoms with E-state index in [-0.39, 0.29) is 17.9 Å². The summed E-state index contributed by atoms with van der Waals surface area (Å²) in [5.74, 6) is 0.361.